The molecule has 0 radical (unpaired) electrons. The normalized spacial score (nSPS) is 21.5. The molecule has 2 unspecified atom stereocenters. The molecular formula is C14H23N3O4S2. The van der Waals surface area contributed by atoms with Gasteiger partial charge in [-0.2, -0.15) is 4.31 Å². The van der Waals surface area contributed by atoms with Crippen molar-refractivity contribution in [2.24, 2.45) is 11.7 Å². The van der Waals surface area contributed by atoms with Crippen LogP contribution in [0.25, 0.3) is 0 Å². The number of nitrogens with two attached hydrogens (primary N) is 1. The number of aryl methyl sites for hydroxylation is 1. The van der Waals surface area contributed by atoms with E-state index in [1.54, 1.807) is 6.92 Å². The SMILES string of the molecule is CNS(=O)(=O)c1ccc(S(=O)(=O)N2CCC(C(C)N)C2)cc1C. The van der Waals surface area contributed by atoms with Gasteiger partial charge < -0.3 is 5.73 Å². The second-order valence-corrected chi connectivity index (χ2v) is 9.70. The van der Waals surface area contributed by atoms with Crippen LogP contribution in [0.4, 0.5) is 0 Å². The molecule has 2 atom stereocenters. The molecule has 130 valence electrons. The van der Waals surface area contributed by atoms with E-state index in [-0.39, 0.29) is 21.8 Å². The Morgan fingerprint density at radius 1 is 1.30 bits per heavy atom. The van der Waals surface area contributed by atoms with Crippen LogP contribution in [0.2, 0.25) is 0 Å². The van der Waals surface area contributed by atoms with Gasteiger partial charge in [-0.15, -0.1) is 0 Å². The molecular weight excluding hydrogens is 338 g/mol. The van der Waals surface area contributed by atoms with E-state index >= 15 is 0 Å². The summed E-state index contributed by atoms with van der Waals surface area (Å²) in [5, 5.41) is 0. The molecule has 0 aliphatic carbocycles. The molecule has 0 amide bonds. The number of nitrogens with one attached hydrogen (secondary N) is 1. The Kier molecular flexibility index (Phi) is 5.17. The van der Waals surface area contributed by atoms with Gasteiger partial charge in [-0.25, -0.2) is 21.6 Å². The maximum Gasteiger partial charge on any atom is 0.243 e. The van der Waals surface area contributed by atoms with Gasteiger partial charge in [0.2, 0.25) is 20.0 Å². The minimum atomic E-state index is -3.63. The molecule has 1 aromatic rings. The number of hydrogen-bond acceptors (Lipinski definition) is 5. The van der Waals surface area contributed by atoms with Gasteiger partial charge in [-0.3, -0.25) is 0 Å². The lowest BCUT2D eigenvalue weighted by molar-refractivity contribution is 0.429. The van der Waals surface area contributed by atoms with Crippen molar-refractivity contribution >= 4 is 20.0 Å². The van der Waals surface area contributed by atoms with E-state index in [1.165, 1.54) is 29.6 Å². The molecule has 1 aliphatic rings. The summed E-state index contributed by atoms with van der Waals surface area (Å²) < 4.78 is 52.8. The van der Waals surface area contributed by atoms with Crippen LogP contribution in [0.5, 0.6) is 0 Å². The molecule has 7 nitrogen and oxygen atoms in total. The summed E-state index contributed by atoms with van der Waals surface area (Å²) >= 11 is 0. The summed E-state index contributed by atoms with van der Waals surface area (Å²) in [7, 11) is -5.92. The third-order valence-corrected chi connectivity index (χ3v) is 7.71. The minimum absolute atomic E-state index is 0.0555. The highest BCUT2D eigenvalue weighted by molar-refractivity contribution is 7.89. The lowest BCUT2D eigenvalue weighted by Crippen LogP contribution is -2.33. The summed E-state index contributed by atoms with van der Waals surface area (Å²) in [6, 6.07) is 4.01. The van der Waals surface area contributed by atoms with E-state index in [1.807, 2.05) is 6.92 Å². The van der Waals surface area contributed by atoms with E-state index in [0.717, 1.165) is 6.42 Å². The Balaban J connectivity index is 2.34. The quantitative estimate of drug-likeness (QED) is 0.782. The molecule has 0 aromatic heterocycles. The second kappa shape index (κ2) is 6.48. The Morgan fingerprint density at radius 3 is 2.43 bits per heavy atom. The minimum Gasteiger partial charge on any atom is -0.328 e. The zero-order valence-electron chi connectivity index (χ0n) is 13.5. The van der Waals surface area contributed by atoms with Crippen LogP contribution in [0.1, 0.15) is 18.9 Å². The van der Waals surface area contributed by atoms with Crippen molar-refractivity contribution in [3.8, 4) is 0 Å². The standard InChI is InChI=1S/C14H23N3O4S2/c1-10-8-13(4-5-14(10)22(18,19)16-3)23(20,21)17-7-6-12(9-17)11(2)15/h4-5,8,11-12,16H,6-7,9,15H2,1-3H3. The highest BCUT2D eigenvalue weighted by Crippen LogP contribution is 2.27. The van der Waals surface area contributed by atoms with Gasteiger partial charge in [0.1, 0.15) is 0 Å². The second-order valence-electron chi connectivity index (χ2n) is 5.91. The fraction of sp³-hybridized carbons (Fsp3) is 0.571. The van der Waals surface area contributed by atoms with Crippen molar-refractivity contribution in [1.82, 2.24) is 9.03 Å². The van der Waals surface area contributed by atoms with Crippen LogP contribution in [0, 0.1) is 12.8 Å². The molecule has 1 aromatic carbocycles. The molecule has 23 heavy (non-hydrogen) atoms. The van der Waals surface area contributed by atoms with Gasteiger partial charge in [-0.1, -0.05) is 0 Å². The lowest BCUT2D eigenvalue weighted by Gasteiger charge is -2.19. The molecule has 3 N–H and O–H groups in total. The monoisotopic (exact) mass is 361 g/mol. The number of rotatable bonds is 5. The summed E-state index contributed by atoms with van der Waals surface area (Å²) in [6.45, 7) is 4.29. The van der Waals surface area contributed by atoms with Gasteiger partial charge in [0, 0.05) is 19.1 Å². The number of nitrogens with zero attached hydrogens (tertiary/aromatic N) is 1. The summed E-state index contributed by atoms with van der Waals surface area (Å²) in [4.78, 5) is 0.184. The Morgan fingerprint density at radius 2 is 1.96 bits per heavy atom. The number of hydrogen-bond donors (Lipinski definition) is 2. The maximum absolute atomic E-state index is 12.7. The molecule has 1 saturated heterocycles. The van der Waals surface area contributed by atoms with E-state index in [9.17, 15) is 16.8 Å². The molecule has 9 heteroatoms. The molecule has 0 spiro atoms. The molecule has 1 aliphatic heterocycles. The molecule has 1 fully saturated rings. The largest absolute Gasteiger partial charge is 0.328 e. The summed E-state index contributed by atoms with van der Waals surface area (Å²) in [5.41, 5.74) is 6.25. The number of sulfonamides is 2. The van der Waals surface area contributed by atoms with Gasteiger partial charge in [-0.05, 0) is 57.0 Å². The van der Waals surface area contributed by atoms with E-state index in [2.05, 4.69) is 4.72 Å². The van der Waals surface area contributed by atoms with Crippen molar-refractivity contribution in [3.05, 3.63) is 23.8 Å². The molecule has 2 rings (SSSR count). The first-order valence-electron chi connectivity index (χ1n) is 7.39. The Bertz CT molecular complexity index is 788. The van der Waals surface area contributed by atoms with Crippen molar-refractivity contribution in [3.63, 3.8) is 0 Å². The van der Waals surface area contributed by atoms with Crippen molar-refractivity contribution in [1.29, 1.82) is 0 Å². The van der Waals surface area contributed by atoms with Crippen LogP contribution < -0.4 is 10.5 Å². The van der Waals surface area contributed by atoms with Crippen LogP contribution in [0.3, 0.4) is 0 Å². The van der Waals surface area contributed by atoms with Gasteiger partial charge >= 0.3 is 0 Å². The van der Waals surface area contributed by atoms with Crippen molar-refractivity contribution in [2.45, 2.75) is 36.1 Å². The summed E-state index contributed by atoms with van der Waals surface area (Å²) in [5.74, 6) is 0.148. The van der Waals surface area contributed by atoms with Gasteiger partial charge in [0.15, 0.2) is 0 Å². The predicted molar refractivity (Wildman–Crippen MR) is 87.9 cm³/mol. The fourth-order valence-electron chi connectivity index (χ4n) is 2.74. The lowest BCUT2D eigenvalue weighted by atomic mass is 10.0. The zero-order valence-corrected chi connectivity index (χ0v) is 15.1. The Labute approximate surface area is 138 Å². The average molecular weight is 361 g/mol. The average Bonchev–Trinajstić information content (AvgIpc) is 2.97. The van der Waals surface area contributed by atoms with Crippen molar-refractivity contribution < 1.29 is 16.8 Å². The first-order valence-corrected chi connectivity index (χ1v) is 10.3. The molecule has 1 heterocycles. The Hall–Kier alpha value is -1.00. The molecule has 0 bridgehead atoms. The smallest absolute Gasteiger partial charge is 0.243 e. The van der Waals surface area contributed by atoms with Crippen LogP contribution >= 0.6 is 0 Å². The van der Waals surface area contributed by atoms with Gasteiger partial charge in [0.25, 0.3) is 0 Å². The molecule has 0 saturated carbocycles. The fourth-order valence-corrected chi connectivity index (χ4v) is 5.29. The predicted octanol–water partition coefficient (Wildman–Crippen LogP) is 0.261. The maximum atomic E-state index is 12.7. The first kappa shape index (κ1) is 18.3. The third-order valence-electron chi connectivity index (χ3n) is 4.27. The van der Waals surface area contributed by atoms with Crippen LogP contribution in [-0.4, -0.2) is 47.3 Å². The van der Waals surface area contributed by atoms with Crippen molar-refractivity contribution in [2.75, 3.05) is 20.1 Å². The van der Waals surface area contributed by atoms with E-state index < -0.39 is 20.0 Å². The van der Waals surface area contributed by atoms with Crippen LogP contribution in [0.15, 0.2) is 28.0 Å². The highest BCUT2D eigenvalue weighted by atomic mass is 32.2. The number of benzene rings is 1. The highest BCUT2D eigenvalue weighted by Gasteiger charge is 2.34. The topological polar surface area (TPSA) is 110 Å². The van der Waals surface area contributed by atoms with Gasteiger partial charge in [0.05, 0.1) is 9.79 Å². The van der Waals surface area contributed by atoms with Crippen LogP contribution in [-0.2, 0) is 20.0 Å². The van der Waals surface area contributed by atoms with E-state index in [4.69, 9.17) is 5.73 Å². The third kappa shape index (κ3) is 3.58. The van der Waals surface area contributed by atoms with E-state index in [0.29, 0.717) is 18.7 Å². The zero-order chi connectivity index (χ0) is 17.4. The summed E-state index contributed by atoms with van der Waals surface area (Å²) in [6.07, 6.45) is 0.738. The first-order chi connectivity index (χ1) is 10.6.